The van der Waals surface area contributed by atoms with E-state index in [4.69, 9.17) is 9.90 Å². The Morgan fingerprint density at radius 2 is 2.38 bits per heavy atom. The molecule has 0 aliphatic heterocycles. The monoisotopic (exact) mass is 135 g/mol. The van der Waals surface area contributed by atoms with Gasteiger partial charge in [-0.2, -0.15) is 0 Å². The van der Waals surface area contributed by atoms with Crippen molar-refractivity contribution in [2.45, 2.75) is 6.92 Å². The van der Waals surface area contributed by atoms with Crippen LogP contribution in [0.2, 0.25) is 0 Å². The average Bonchev–Trinajstić information content (AvgIpc) is 1.65. The Kier molecular flexibility index (Phi) is 3.47. The molecule has 0 atom stereocenters. The fourth-order valence-corrected chi connectivity index (χ4v) is 0.595. The number of hydrogen-bond donors (Lipinski definition) is 1. The molecule has 2 N–H and O–H groups in total. The first-order valence-electron chi connectivity index (χ1n) is 2.01. The van der Waals surface area contributed by atoms with Gasteiger partial charge in [0.25, 0.3) is 0 Å². The lowest BCUT2D eigenvalue weighted by atomic mass is 10.8. The molecular weight excluding hydrogens is 128 g/mol. The Hall–Kier alpha value is -0.350. The van der Waals surface area contributed by atoms with Crippen LogP contribution in [0.15, 0.2) is 0 Å². The molecule has 0 saturated carbocycles. The molecule has 0 aliphatic carbocycles. The van der Waals surface area contributed by atoms with E-state index in [9.17, 15) is 4.79 Å². The first-order valence-corrected chi connectivity index (χ1v) is 2.82. The largest absolute Gasteiger partial charge is 0.383 e. The topological polar surface area (TPSA) is 58.7 Å². The van der Waals surface area contributed by atoms with Gasteiger partial charge in [-0.05, 0) is 0 Å². The second kappa shape index (κ2) is 3.63. The van der Waals surface area contributed by atoms with Crippen LogP contribution in [-0.2, 0) is 4.79 Å². The summed E-state index contributed by atoms with van der Waals surface area (Å²) in [6, 6.07) is 0. The highest BCUT2D eigenvalue weighted by Crippen LogP contribution is 1.99. The van der Waals surface area contributed by atoms with Crippen LogP contribution in [0.4, 0.5) is 0 Å². The van der Waals surface area contributed by atoms with Crippen LogP contribution in [0.3, 0.4) is 0 Å². The zero-order valence-electron chi connectivity index (χ0n) is 4.42. The smallest absolute Gasteiger partial charge is 0.382 e. The van der Waals surface area contributed by atoms with Crippen molar-refractivity contribution < 1.29 is 14.7 Å². The van der Waals surface area contributed by atoms with Crippen molar-refractivity contribution in [3.05, 3.63) is 0 Å². The molecule has 8 heavy (non-hydrogen) atoms. The van der Waals surface area contributed by atoms with Gasteiger partial charge in [-0.15, -0.1) is 0 Å². The number of carbonyl (C=O) groups is 1. The molecule has 0 radical (unpaired) electrons. The van der Waals surface area contributed by atoms with Crippen LogP contribution in [0, 0.1) is 0 Å². The van der Waals surface area contributed by atoms with E-state index >= 15 is 0 Å². The number of aliphatic hydroxyl groups excluding tert-OH is 1. The summed E-state index contributed by atoms with van der Waals surface area (Å²) in [5.74, 6) is 0. The molecule has 0 bridgehead atoms. The van der Waals surface area contributed by atoms with Gasteiger partial charge in [0.1, 0.15) is 0 Å². The second-order valence-corrected chi connectivity index (χ2v) is 2.40. The molecule has 0 heterocycles. The second-order valence-electron chi connectivity index (χ2n) is 1.15. The molecule has 0 saturated heterocycles. The molecule has 0 spiro atoms. The molecule has 0 unspecified atom stereocenters. The standard InChI is InChI=1S/C4H6O3S/c1-3(6)8-4(7)2-5/h5H,2H2,1H3/p+1. The lowest BCUT2D eigenvalue weighted by Crippen LogP contribution is -2.00. The summed E-state index contributed by atoms with van der Waals surface area (Å²) in [5, 5.41) is 7.65. The SMILES string of the molecule is CC(=O)SC(=[OH+])CO. The number of carbonyl (C=O) groups excluding carboxylic acids is 2. The van der Waals surface area contributed by atoms with Crippen molar-refractivity contribution in [3.8, 4) is 0 Å². The Bertz CT molecular complexity index is 110. The molecule has 0 aromatic heterocycles. The lowest BCUT2D eigenvalue weighted by molar-refractivity contribution is -0.109. The summed E-state index contributed by atoms with van der Waals surface area (Å²) in [6.45, 7) is 0.862. The molecule has 0 rings (SSSR count). The van der Waals surface area contributed by atoms with Gasteiger partial charge in [0.2, 0.25) is 0 Å². The summed E-state index contributed by atoms with van der Waals surface area (Å²) >= 11 is 0.638. The maximum absolute atomic E-state index is 10.1. The van der Waals surface area contributed by atoms with Crippen LogP contribution in [0.1, 0.15) is 6.92 Å². The maximum atomic E-state index is 10.1. The summed E-state index contributed by atoms with van der Waals surface area (Å²) in [7, 11) is 0. The fraction of sp³-hybridized carbons (Fsp3) is 0.500. The van der Waals surface area contributed by atoms with Crippen molar-refractivity contribution in [1.29, 1.82) is 0 Å². The molecule has 0 fully saturated rings. The van der Waals surface area contributed by atoms with E-state index in [1.54, 1.807) is 0 Å². The zero-order chi connectivity index (χ0) is 6.57. The van der Waals surface area contributed by atoms with Gasteiger partial charge >= 0.3 is 5.12 Å². The van der Waals surface area contributed by atoms with Crippen molar-refractivity contribution in [1.82, 2.24) is 0 Å². The van der Waals surface area contributed by atoms with Crippen molar-refractivity contribution in [2.75, 3.05) is 6.61 Å². The zero-order valence-corrected chi connectivity index (χ0v) is 5.23. The lowest BCUT2D eigenvalue weighted by Gasteiger charge is -1.80. The van der Waals surface area contributed by atoms with Gasteiger partial charge < -0.3 is 5.11 Å². The van der Waals surface area contributed by atoms with E-state index in [0.29, 0.717) is 11.8 Å². The van der Waals surface area contributed by atoms with Gasteiger partial charge in [0.15, 0.2) is 11.7 Å². The minimum atomic E-state index is -0.454. The summed E-state index contributed by atoms with van der Waals surface area (Å²) in [4.78, 5) is 18.5. The van der Waals surface area contributed by atoms with E-state index in [1.165, 1.54) is 6.92 Å². The molecule has 0 aromatic carbocycles. The number of rotatable bonds is 1. The molecule has 0 aliphatic rings. The molecule has 0 aromatic rings. The Balaban J connectivity index is 3.40. The van der Waals surface area contributed by atoms with E-state index in [-0.39, 0.29) is 10.2 Å². The predicted molar refractivity (Wildman–Crippen MR) is 32.3 cm³/mol. The Morgan fingerprint density at radius 3 is 2.50 bits per heavy atom. The van der Waals surface area contributed by atoms with Crippen LogP contribution in [0.25, 0.3) is 0 Å². The van der Waals surface area contributed by atoms with E-state index in [2.05, 4.69) is 0 Å². The van der Waals surface area contributed by atoms with Gasteiger partial charge in [0, 0.05) is 18.7 Å². The first kappa shape index (κ1) is 7.65. The number of hydrogen-bond acceptors (Lipinski definition) is 3. The Labute approximate surface area is 51.1 Å². The highest BCUT2D eigenvalue weighted by Gasteiger charge is 2.09. The van der Waals surface area contributed by atoms with Crippen LogP contribution >= 0.6 is 11.8 Å². The molecule has 46 valence electrons. The fourth-order valence-electron chi connectivity index (χ4n) is 0.198. The highest BCUT2D eigenvalue weighted by molar-refractivity contribution is 8.26. The summed E-state index contributed by atoms with van der Waals surface area (Å²) in [6.07, 6.45) is 0. The Morgan fingerprint density at radius 1 is 1.88 bits per heavy atom. The minimum Gasteiger partial charge on any atom is -0.382 e. The van der Waals surface area contributed by atoms with Crippen molar-refractivity contribution >= 4 is 22.0 Å². The summed E-state index contributed by atoms with van der Waals surface area (Å²) in [5.41, 5.74) is 0. The van der Waals surface area contributed by atoms with Crippen LogP contribution in [0.5, 0.6) is 0 Å². The van der Waals surface area contributed by atoms with Crippen molar-refractivity contribution in [2.24, 2.45) is 0 Å². The third-order valence-corrected chi connectivity index (χ3v) is 1.05. The first-order chi connectivity index (χ1) is 3.66. The van der Waals surface area contributed by atoms with Crippen LogP contribution in [-0.4, -0.2) is 26.7 Å². The normalized spacial score (nSPS) is 8.75. The number of aliphatic hydroxyl groups is 1. The highest BCUT2D eigenvalue weighted by atomic mass is 32.2. The molecule has 4 heteroatoms. The predicted octanol–water partition coefficient (Wildman–Crippen LogP) is -0.239. The average molecular weight is 135 g/mol. The molecule has 0 amide bonds. The van der Waals surface area contributed by atoms with Gasteiger partial charge in [-0.1, -0.05) is 0 Å². The summed E-state index contributed by atoms with van der Waals surface area (Å²) < 4.78 is 0. The van der Waals surface area contributed by atoms with E-state index in [0.717, 1.165) is 0 Å². The molecule has 3 nitrogen and oxygen atoms in total. The third-order valence-electron chi connectivity index (χ3n) is 0.397. The van der Waals surface area contributed by atoms with E-state index < -0.39 is 6.61 Å². The quantitative estimate of drug-likeness (QED) is 0.505. The minimum absolute atomic E-state index is 0.225. The third kappa shape index (κ3) is 3.83. The van der Waals surface area contributed by atoms with Gasteiger partial charge in [0.05, 0.1) is 0 Å². The number of thioether (sulfide) groups is 1. The maximum Gasteiger partial charge on any atom is 0.383 e. The van der Waals surface area contributed by atoms with Gasteiger partial charge in [-0.25, -0.2) is 0 Å². The van der Waals surface area contributed by atoms with Gasteiger partial charge in [-0.3, -0.25) is 9.59 Å². The van der Waals surface area contributed by atoms with Crippen LogP contribution < -0.4 is 0 Å². The van der Waals surface area contributed by atoms with Crippen molar-refractivity contribution in [3.63, 3.8) is 0 Å². The van der Waals surface area contributed by atoms with E-state index in [1.807, 2.05) is 0 Å². The molecular formula is C4H7O3S+.